The lowest BCUT2D eigenvalue weighted by molar-refractivity contribution is -0.122. The third-order valence-corrected chi connectivity index (χ3v) is 7.56. The highest BCUT2D eigenvalue weighted by molar-refractivity contribution is 7.88. The highest BCUT2D eigenvalue weighted by Crippen LogP contribution is 2.28. The Kier molecular flexibility index (Phi) is 6.58. The van der Waals surface area contributed by atoms with E-state index in [2.05, 4.69) is 10.4 Å². The summed E-state index contributed by atoms with van der Waals surface area (Å²) in [4.78, 5) is 25.7. The predicted octanol–water partition coefficient (Wildman–Crippen LogP) is 1.55. The molecule has 1 aliphatic rings. The van der Waals surface area contributed by atoms with Gasteiger partial charge in [-0.2, -0.15) is 5.10 Å². The van der Waals surface area contributed by atoms with Crippen molar-refractivity contribution >= 4 is 27.3 Å². The molecule has 32 heavy (non-hydrogen) atoms. The number of thiophene rings is 1. The third-order valence-electron chi connectivity index (χ3n) is 5.44. The van der Waals surface area contributed by atoms with Crippen molar-refractivity contribution in [3.63, 3.8) is 0 Å². The van der Waals surface area contributed by atoms with Crippen LogP contribution in [0.1, 0.15) is 30.1 Å². The fourth-order valence-electron chi connectivity index (χ4n) is 3.84. The second-order valence-electron chi connectivity index (χ2n) is 7.81. The van der Waals surface area contributed by atoms with Gasteiger partial charge in [-0.15, -0.1) is 11.3 Å². The molecule has 9 nitrogen and oxygen atoms in total. The van der Waals surface area contributed by atoms with Gasteiger partial charge < -0.3 is 5.32 Å². The lowest BCUT2D eigenvalue weighted by Gasteiger charge is -2.30. The minimum Gasteiger partial charge on any atom is -0.350 e. The van der Waals surface area contributed by atoms with Crippen molar-refractivity contribution in [1.29, 1.82) is 0 Å². The zero-order valence-electron chi connectivity index (χ0n) is 17.7. The van der Waals surface area contributed by atoms with E-state index in [4.69, 9.17) is 0 Å². The van der Waals surface area contributed by atoms with E-state index in [0.29, 0.717) is 36.8 Å². The van der Waals surface area contributed by atoms with Crippen LogP contribution < -0.4 is 11.0 Å². The number of carbonyl (C=O) groups excluding carboxylic acids is 1. The monoisotopic (exact) mass is 475 g/mol. The van der Waals surface area contributed by atoms with Crippen molar-refractivity contribution in [1.82, 2.24) is 24.0 Å². The molecular weight excluding hydrogens is 450 g/mol. The molecule has 2 aromatic heterocycles. The Hall–Kier alpha value is -2.76. The van der Waals surface area contributed by atoms with Gasteiger partial charge >= 0.3 is 5.69 Å². The molecule has 1 unspecified atom stereocenters. The van der Waals surface area contributed by atoms with Gasteiger partial charge in [0.15, 0.2) is 0 Å². The number of hydrogen-bond acceptors (Lipinski definition) is 6. The minimum atomic E-state index is -3.34. The number of benzene rings is 1. The van der Waals surface area contributed by atoms with Crippen molar-refractivity contribution in [3.8, 4) is 5.00 Å². The summed E-state index contributed by atoms with van der Waals surface area (Å²) in [6, 6.07) is 13.2. The normalized spacial score (nSPS) is 17.3. The van der Waals surface area contributed by atoms with Gasteiger partial charge in [0.25, 0.3) is 0 Å². The molecule has 3 heterocycles. The number of amides is 1. The van der Waals surface area contributed by atoms with E-state index in [1.165, 1.54) is 26.5 Å². The number of sulfonamides is 1. The quantitative estimate of drug-likeness (QED) is 0.558. The smallest absolute Gasteiger partial charge is 0.350 e. The second kappa shape index (κ2) is 9.39. The molecule has 3 aromatic rings. The van der Waals surface area contributed by atoms with Gasteiger partial charge in [0, 0.05) is 25.6 Å². The van der Waals surface area contributed by atoms with Gasteiger partial charge in [-0.1, -0.05) is 30.3 Å². The summed E-state index contributed by atoms with van der Waals surface area (Å²) in [7, 11) is -3.34. The van der Waals surface area contributed by atoms with E-state index in [0.717, 1.165) is 10.2 Å². The average molecular weight is 476 g/mol. The molecule has 1 saturated heterocycles. The maximum absolute atomic E-state index is 13.2. The maximum atomic E-state index is 13.2. The summed E-state index contributed by atoms with van der Waals surface area (Å²) in [6.45, 7) is 0.875. The van der Waals surface area contributed by atoms with Crippen LogP contribution in [0.2, 0.25) is 0 Å². The average Bonchev–Trinajstić information content (AvgIpc) is 3.41. The Morgan fingerprint density at radius 2 is 2.00 bits per heavy atom. The summed E-state index contributed by atoms with van der Waals surface area (Å²) in [5.74, 6) is -0.0664. The first-order valence-corrected chi connectivity index (χ1v) is 13.0. The highest BCUT2D eigenvalue weighted by atomic mass is 32.2. The molecule has 4 rings (SSSR count). The highest BCUT2D eigenvalue weighted by Gasteiger charge is 2.32. The number of rotatable bonds is 7. The maximum Gasteiger partial charge on any atom is 0.351 e. The van der Waals surface area contributed by atoms with Crippen LogP contribution in [-0.2, 0) is 27.9 Å². The Morgan fingerprint density at radius 3 is 2.69 bits per heavy atom. The molecule has 170 valence electrons. The molecule has 0 radical (unpaired) electrons. The molecule has 1 amide bonds. The zero-order chi connectivity index (χ0) is 22.7. The first-order chi connectivity index (χ1) is 15.3. The molecule has 1 aromatic carbocycles. The van der Waals surface area contributed by atoms with Crippen LogP contribution in [0.25, 0.3) is 5.00 Å². The van der Waals surface area contributed by atoms with Crippen molar-refractivity contribution in [2.45, 2.75) is 31.8 Å². The molecule has 11 heteroatoms. The molecular formula is C21H25N5O4S2. The van der Waals surface area contributed by atoms with Crippen LogP contribution >= 0.6 is 11.3 Å². The Bertz CT molecular complexity index is 1230. The molecule has 0 saturated carbocycles. The predicted molar refractivity (Wildman–Crippen MR) is 122 cm³/mol. The van der Waals surface area contributed by atoms with Gasteiger partial charge in [0.05, 0.1) is 6.26 Å². The zero-order valence-corrected chi connectivity index (χ0v) is 19.3. The summed E-state index contributed by atoms with van der Waals surface area (Å²) in [6.07, 6.45) is 2.59. The number of aromatic nitrogens is 3. The first kappa shape index (κ1) is 22.4. The largest absolute Gasteiger partial charge is 0.351 e. The number of nitrogens with zero attached hydrogens (tertiary/aromatic N) is 4. The fourth-order valence-corrected chi connectivity index (χ4v) is 5.48. The number of piperidine rings is 1. The van der Waals surface area contributed by atoms with E-state index in [1.54, 1.807) is 0 Å². The van der Waals surface area contributed by atoms with E-state index < -0.39 is 15.7 Å². The lowest BCUT2D eigenvalue weighted by Crippen LogP contribution is -2.39. The van der Waals surface area contributed by atoms with Crippen molar-refractivity contribution in [2.24, 2.45) is 0 Å². The van der Waals surface area contributed by atoms with Crippen LogP contribution in [0.5, 0.6) is 0 Å². The SMILES string of the molecule is CS(=O)(=O)N1CCCC(c2nn(CC(=O)NCc3ccccc3)c(=O)n2-c2cccs2)C1. The van der Waals surface area contributed by atoms with E-state index in [1.807, 2.05) is 47.8 Å². The third kappa shape index (κ3) is 5.00. The van der Waals surface area contributed by atoms with E-state index in [9.17, 15) is 18.0 Å². The summed E-state index contributed by atoms with van der Waals surface area (Å²) in [5, 5.41) is 9.86. The standard InChI is InChI=1S/C21H25N5O4S2/c1-32(29,30)24-11-5-9-17(14-24)20-23-25(21(28)26(20)19-10-6-12-31-19)15-18(27)22-13-16-7-3-2-4-8-16/h2-4,6-8,10,12,17H,5,9,11,13-15H2,1H3,(H,22,27). The van der Waals surface area contributed by atoms with Gasteiger partial charge in [0.2, 0.25) is 15.9 Å². The molecule has 1 N–H and O–H groups in total. The molecule has 0 aliphatic carbocycles. The van der Waals surface area contributed by atoms with Crippen molar-refractivity contribution in [3.05, 3.63) is 69.7 Å². The molecule has 0 bridgehead atoms. The van der Waals surface area contributed by atoms with E-state index in [-0.39, 0.29) is 24.9 Å². The van der Waals surface area contributed by atoms with Gasteiger partial charge in [-0.05, 0) is 35.9 Å². The lowest BCUT2D eigenvalue weighted by atomic mass is 9.99. The molecule has 1 atom stereocenters. The van der Waals surface area contributed by atoms with Crippen molar-refractivity contribution < 1.29 is 13.2 Å². The first-order valence-electron chi connectivity index (χ1n) is 10.3. The van der Waals surface area contributed by atoms with Crippen LogP contribution in [-0.4, -0.2) is 52.3 Å². The van der Waals surface area contributed by atoms with Crippen LogP contribution in [0.15, 0.2) is 52.6 Å². The van der Waals surface area contributed by atoms with Gasteiger partial charge in [-0.3, -0.25) is 4.79 Å². The Morgan fingerprint density at radius 1 is 1.22 bits per heavy atom. The molecule has 1 aliphatic heterocycles. The second-order valence-corrected chi connectivity index (χ2v) is 10.7. The Labute approximate surface area is 190 Å². The molecule has 0 spiro atoms. The topological polar surface area (TPSA) is 106 Å². The summed E-state index contributed by atoms with van der Waals surface area (Å²) in [5.41, 5.74) is 0.551. The molecule has 1 fully saturated rings. The van der Waals surface area contributed by atoms with E-state index >= 15 is 0 Å². The van der Waals surface area contributed by atoms with Crippen molar-refractivity contribution in [2.75, 3.05) is 19.3 Å². The van der Waals surface area contributed by atoms with Gasteiger partial charge in [-0.25, -0.2) is 26.8 Å². The number of carbonyl (C=O) groups is 1. The minimum absolute atomic E-state index is 0.209. The summed E-state index contributed by atoms with van der Waals surface area (Å²) < 4.78 is 28.2. The number of nitrogens with one attached hydrogen (secondary N) is 1. The fraction of sp³-hybridized carbons (Fsp3) is 0.381. The Balaban J connectivity index is 1.59. The van der Waals surface area contributed by atoms with Gasteiger partial charge in [0.1, 0.15) is 17.4 Å². The van der Waals surface area contributed by atoms with Crippen LogP contribution in [0, 0.1) is 0 Å². The summed E-state index contributed by atoms with van der Waals surface area (Å²) >= 11 is 1.39. The number of hydrogen-bond donors (Lipinski definition) is 1. The van der Waals surface area contributed by atoms with Crippen LogP contribution in [0.4, 0.5) is 0 Å². The van der Waals surface area contributed by atoms with Crippen LogP contribution in [0.3, 0.4) is 0 Å².